The van der Waals surface area contributed by atoms with Crippen LogP contribution in [-0.4, -0.2) is 41.8 Å². The molecule has 1 aliphatic heterocycles. The van der Waals surface area contributed by atoms with Crippen LogP contribution in [0.4, 0.5) is 0 Å². The van der Waals surface area contributed by atoms with Crippen molar-refractivity contribution in [1.29, 1.82) is 0 Å². The summed E-state index contributed by atoms with van der Waals surface area (Å²) in [6, 6.07) is 10.6. The number of furan rings is 1. The third-order valence-electron chi connectivity index (χ3n) is 4.10. The Morgan fingerprint density at radius 2 is 2.04 bits per heavy atom. The number of amides is 1. The standard InChI is InChI=1S/C19H21NO5S/c1-13-6-3-4-7-16(13)24-10-11-25-19(22)15-12-26-18(20(15)14(2)21)17-8-5-9-23-17/h3-9,15,18H,10-12H2,1-2H3/t15-,18-/m0/s1. The van der Waals surface area contributed by atoms with E-state index < -0.39 is 12.0 Å². The molecule has 26 heavy (non-hydrogen) atoms. The highest BCUT2D eigenvalue weighted by atomic mass is 32.2. The molecule has 1 aromatic carbocycles. The van der Waals surface area contributed by atoms with E-state index in [9.17, 15) is 9.59 Å². The number of rotatable bonds is 6. The Morgan fingerprint density at radius 1 is 1.23 bits per heavy atom. The first-order valence-corrected chi connectivity index (χ1v) is 9.42. The molecule has 2 atom stereocenters. The second kappa shape index (κ2) is 8.31. The van der Waals surface area contributed by atoms with E-state index in [2.05, 4.69) is 0 Å². The molecule has 0 N–H and O–H groups in total. The maximum absolute atomic E-state index is 12.4. The summed E-state index contributed by atoms with van der Waals surface area (Å²) in [5, 5.41) is -0.303. The average molecular weight is 375 g/mol. The van der Waals surface area contributed by atoms with Crippen molar-refractivity contribution < 1.29 is 23.5 Å². The molecule has 138 valence electrons. The summed E-state index contributed by atoms with van der Waals surface area (Å²) < 4.78 is 16.4. The van der Waals surface area contributed by atoms with Crippen molar-refractivity contribution in [1.82, 2.24) is 4.90 Å². The van der Waals surface area contributed by atoms with E-state index in [0.717, 1.165) is 11.3 Å². The molecule has 1 amide bonds. The largest absolute Gasteiger partial charge is 0.490 e. The third kappa shape index (κ3) is 4.04. The van der Waals surface area contributed by atoms with Gasteiger partial charge in [0.15, 0.2) is 0 Å². The maximum atomic E-state index is 12.4. The monoisotopic (exact) mass is 375 g/mol. The summed E-state index contributed by atoms with van der Waals surface area (Å²) in [6.45, 7) is 3.80. The van der Waals surface area contributed by atoms with Crippen LogP contribution in [0, 0.1) is 6.92 Å². The SMILES string of the molecule is CC(=O)N1[C@H](C(=O)OCCOc2ccccc2C)CS[C@H]1c1ccco1. The van der Waals surface area contributed by atoms with Gasteiger partial charge in [0, 0.05) is 12.7 Å². The van der Waals surface area contributed by atoms with Crippen molar-refractivity contribution in [2.75, 3.05) is 19.0 Å². The Labute approximate surface area is 156 Å². The Balaban J connectivity index is 1.54. The number of nitrogens with zero attached hydrogens (tertiary/aromatic N) is 1. The van der Waals surface area contributed by atoms with Gasteiger partial charge >= 0.3 is 5.97 Å². The predicted octanol–water partition coefficient (Wildman–Crippen LogP) is 3.17. The van der Waals surface area contributed by atoms with Crippen LogP contribution in [-0.2, 0) is 14.3 Å². The lowest BCUT2D eigenvalue weighted by atomic mass is 10.2. The van der Waals surface area contributed by atoms with Gasteiger partial charge in [0.25, 0.3) is 0 Å². The second-order valence-electron chi connectivity index (χ2n) is 5.92. The summed E-state index contributed by atoms with van der Waals surface area (Å²) >= 11 is 1.49. The highest BCUT2D eigenvalue weighted by molar-refractivity contribution is 7.99. The van der Waals surface area contributed by atoms with E-state index in [1.165, 1.54) is 23.6 Å². The molecule has 3 rings (SSSR count). The lowest BCUT2D eigenvalue weighted by molar-refractivity contribution is -0.154. The topological polar surface area (TPSA) is 69.0 Å². The molecule has 2 heterocycles. The summed E-state index contributed by atoms with van der Waals surface area (Å²) in [7, 11) is 0. The van der Waals surface area contributed by atoms with Crippen LogP contribution in [0.25, 0.3) is 0 Å². The molecule has 0 spiro atoms. The fourth-order valence-corrected chi connectivity index (χ4v) is 4.25. The molecular formula is C19H21NO5S. The highest BCUT2D eigenvalue weighted by Gasteiger charge is 2.43. The molecule has 0 unspecified atom stereocenters. The van der Waals surface area contributed by atoms with Gasteiger partial charge in [0.2, 0.25) is 5.91 Å². The van der Waals surface area contributed by atoms with E-state index in [4.69, 9.17) is 13.9 Å². The zero-order chi connectivity index (χ0) is 18.5. The maximum Gasteiger partial charge on any atom is 0.329 e. The van der Waals surface area contributed by atoms with Gasteiger partial charge in [0.05, 0.1) is 6.26 Å². The van der Waals surface area contributed by atoms with Crippen LogP contribution >= 0.6 is 11.8 Å². The van der Waals surface area contributed by atoms with E-state index in [-0.39, 0.29) is 24.5 Å². The Morgan fingerprint density at radius 3 is 2.73 bits per heavy atom. The van der Waals surface area contributed by atoms with Gasteiger partial charge in [-0.1, -0.05) is 18.2 Å². The minimum atomic E-state index is -0.619. The molecule has 1 aromatic heterocycles. The van der Waals surface area contributed by atoms with Crippen molar-refractivity contribution in [3.05, 3.63) is 54.0 Å². The minimum absolute atomic E-state index is 0.130. The molecule has 1 fully saturated rings. The quantitative estimate of drug-likeness (QED) is 0.571. The number of aryl methyl sites for hydroxylation is 1. The number of carbonyl (C=O) groups excluding carboxylic acids is 2. The number of carbonyl (C=O) groups is 2. The number of esters is 1. The first kappa shape index (κ1) is 18.4. The third-order valence-corrected chi connectivity index (χ3v) is 5.38. The Hall–Kier alpha value is -2.41. The van der Waals surface area contributed by atoms with Gasteiger partial charge in [0.1, 0.15) is 36.1 Å². The van der Waals surface area contributed by atoms with E-state index in [1.54, 1.807) is 18.4 Å². The summed E-state index contributed by atoms with van der Waals surface area (Å²) in [6.07, 6.45) is 1.56. The van der Waals surface area contributed by atoms with E-state index in [0.29, 0.717) is 11.5 Å². The first-order valence-electron chi connectivity index (χ1n) is 8.37. The zero-order valence-corrected chi connectivity index (χ0v) is 15.5. The van der Waals surface area contributed by atoms with Gasteiger partial charge in [-0.25, -0.2) is 4.79 Å². The number of ether oxygens (including phenoxy) is 2. The fraction of sp³-hybridized carbons (Fsp3) is 0.368. The van der Waals surface area contributed by atoms with Crippen molar-refractivity contribution >= 4 is 23.6 Å². The molecule has 1 saturated heterocycles. The zero-order valence-electron chi connectivity index (χ0n) is 14.7. The summed E-state index contributed by atoms with van der Waals surface area (Å²) in [4.78, 5) is 26.0. The van der Waals surface area contributed by atoms with Crippen molar-refractivity contribution in [2.45, 2.75) is 25.3 Å². The average Bonchev–Trinajstić information content (AvgIpc) is 3.28. The molecule has 2 aromatic rings. The van der Waals surface area contributed by atoms with Crippen molar-refractivity contribution in [3.63, 3.8) is 0 Å². The van der Waals surface area contributed by atoms with Gasteiger partial charge in [-0.3, -0.25) is 4.79 Å². The molecule has 1 aliphatic rings. The van der Waals surface area contributed by atoms with Crippen LogP contribution < -0.4 is 4.74 Å². The number of benzene rings is 1. The van der Waals surface area contributed by atoms with Gasteiger partial charge in [-0.2, -0.15) is 0 Å². The number of para-hydroxylation sites is 1. The lowest BCUT2D eigenvalue weighted by Gasteiger charge is -2.25. The second-order valence-corrected chi connectivity index (χ2v) is 7.04. The van der Waals surface area contributed by atoms with Crippen LogP contribution in [0.1, 0.15) is 23.6 Å². The summed E-state index contributed by atoms with van der Waals surface area (Å²) in [5.41, 5.74) is 1.02. The molecule has 6 nitrogen and oxygen atoms in total. The van der Waals surface area contributed by atoms with Crippen LogP contribution in [0.15, 0.2) is 47.1 Å². The predicted molar refractivity (Wildman–Crippen MR) is 97.8 cm³/mol. The smallest absolute Gasteiger partial charge is 0.329 e. The van der Waals surface area contributed by atoms with Crippen molar-refractivity contribution in [2.24, 2.45) is 0 Å². The number of hydrogen-bond donors (Lipinski definition) is 0. The van der Waals surface area contributed by atoms with Crippen molar-refractivity contribution in [3.8, 4) is 5.75 Å². The van der Waals surface area contributed by atoms with Gasteiger partial charge in [-0.15, -0.1) is 11.8 Å². The van der Waals surface area contributed by atoms with Gasteiger partial charge < -0.3 is 18.8 Å². The van der Waals surface area contributed by atoms with Crippen LogP contribution in [0.3, 0.4) is 0 Å². The highest BCUT2D eigenvalue weighted by Crippen LogP contribution is 2.41. The van der Waals surface area contributed by atoms with E-state index >= 15 is 0 Å². The van der Waals surface area contributed by atoms with Crippen LogP contribution in [0.5, 0.6) is 5.75 Å². The van der Waals surface area contributed by atoms with Gasteiger partial charge in [-0.05, 0) is 30.7 Å². The Kier molecular flexibility index (Phi) is 5.88. The fourth-order valence-electron chi connectivity index (χ4n) is 2.83. The number of hydrogen-bond acceptors (Lipinski definition) is 6. The molecular weight excluding hydrogens is 354 g/mol. The van der Waals surface area contributed by atoms with Crippen LogP contribution in [0.2, 0.25) is 0 Å². The molecule has 0 radical (unpaired) electrons. The molecule has 0 saturated carbocycles. The number of thioether (sulfide) groups is 1. The van der Waals surface area contributed by atoms with E-state index in [1.807, 2.05) is 31.2 Å². The molecule has 0 bridgehead atoms. The normalized spacial score (nSPS) is 19.4. The molecule has 7 heteroatoms. The molecule has 0 aliphatic carbocycles. The first-order chi connectivity index (χ1) is 12.6. The minimum Gasteiger partial charge on any atom is -0.490 e. The lowest BCUT2D eigenvalue weighted by Crippen LogP contribution is -2.43. The summed E-state index contributed by atoms with van der Waals surface area (Å²) in [5.74, 6) is 1.29. The Bertz CT molecular complexity index is 761.